The van der Waals surface area contributed by atoms with E-state index in [1.807, 2.05) is 42.1 Å². The largest absolute Gasteiger partial charge is 0.416 e. The molecule has 6 nitrogen and oxygen atoms in total. The molecule has 2 amide bonds. The van der Waals surface area contributed by atoms with Crippen molar-refractivity contribution in [2.75, 3.05) is 16.8 Å². The highest BCUT2D eigenvalue weighted by atomic mass is 19.4. The van der Waals surface area contributed by atoms with Gasteiger partial charge in [-0.2, -0.15) is 13.2 Å². The van der Waals surface area contributed by atoms with Gasteiger partial charge < -0.3 is 14.8 Å². The van der Waals surface area contributed by atoms with Crippen LogP contribution in [0.2, 0.25) is 0 Å². The highest BCUT2D eigenvalue weighted by Gasteiger charge is 2.31. The second-order valence-electron chi connectivity index (χ2n) is 8.83. The quantitative estimate of drug-likeness (QED) is 0.417. The minimum absolute atomic E-state index is 0.0245. The maximum atomic E-state index is 13.4. The van der Waals surface area contributed by atoms with Gasteiger partial charge in [0.15, 0.2) is 0 Å². The van der Waals surface area contributed by atoms with Crippen molar-refractivity contribution in [3.63, 3.8) is 0 Å². The van der Waals surface area contributed by atoms with E-state index in [4.69, 9.17) is 0 Å². The molecule has 36 heavy (non-hydrogen) atoms. The lowest BCUT2D eigenvalue weighted by atomic mass is 10.0. The predicted octanol–water partition coefficient (Wildman–Crippen LogP) is 5.37. The van der Waals surface area contributed by atoms with Crippen LogP contribution in [0.5, 0.6) is 0 Å². The maximum Gasteiger partial charge on any atom is 0.416 e. The number of pyridine rings is 1. The Morgan fingerprint density at radius 1 is 1.08 bits per heavy atom. The number of nitrogens with zero attached hydrogens (tertiary/aromatic N) is 3. The zero-order valence-corrected chi connectivity index (χ0v) is 19.5. The average Bonchev–Trinajstić information content (AvgIpc) is 3.18. The lowest BCUT2D eigenvalue weighted by Gasteiger charge is -2.29. The molecule has 0 unspecified atom stereocenters. The SMILES string of the molecule is Cn1cc(CC(=O)N2CCCc3ncc(C(=O)Nc4cccc(C(F)(F)F)c4)cc32)c2ccccc21. The first-order valence-electron chi connectivity index (χ1n) is 11.5. The van der Waals surface area contributed by atoms with Crippen LogP contribution in [0.15, 0.2) is 67.0 Å². The van der Waals surface area contributed by atoms with Gasteiger partial charge in [0.05, 0.1) is 28.9 Å². The molecule has 4 aromatic rings. The van der Waals surface area contributed by atoms with Crippen molar-refractivity contribution in [3.05, 3.63) is 89.4 Å². The molecule has 0 atom stereocenters. The number of anilines is 2. The van der Waals surface area contributed by atoms with Gasteiger partial charge in [0.25, 0.3) is 5.91 Å². The maximum absolute atomic E-state index is 13.4. The van der Waals surface area contributed by atoms with Gasteiger partial charge in [0.2, 0.25) is 5.91 Å². The number of nitrogens with one attached hydrogen (secondary N) is 1. The van der Waals surface area contributed by atoms with Gasteiger partial charge in [0.1, 0.15) is 0 Å². The molecule has 5 rings (SSSR count). The third kappa shape index (κ3) is 4.56. The van der Waals surface area contributed by atoms with Gasteiger partial charge in [-0.15, -0.1) is 0 Å². The normalized spacial score (nSPS) is 13.5. The van der Waals surface area contributed by atoms with Gasteiger partial charge in [0, 0.05) is 42.6 Å². The number of aryl methyl sites for hydroxylation is 2. The summed E-state index contributed by atoms with van der Waals surface area (Å²) in [5.74, 6) is -0.707. The van der Waals surface area contributed by atoms with E-state index in [1.54, 1.807) is 11.0 Å². The zero-order valence-electron chi connectivity index (χ0n) is 19.5. The molecule has 0 saturated carbocycles. The number of fused-ring (bicyclic) bond motifs is 2. The van der Waals surface area contributed by atoms with E-state index in [9.17, 15) is 22.8 Å². The summed E-state index contributed by atoms with van der Waals surface area (Å²) in [6, 6.07) is 13.9. The number of para-hydroxylation sites is 1. The Hall–Kier alpha value is -4.14. The number of benzene rings is 2. The van der Waals surface area contributed by atoms with Crippen molar-refractivity contribution in [1.82, 2.24) is 9.55 Å². The summed E-state index contributed by atoms with van der Waals surface area (Å²) in [5, 5.41) is 3.51. The molecule has 0 fully saturated rings. The molecule has 2 aromatic carbocycles. The number of aromatic nitrogens is 2. The highest BCUT2D eigenvalue weighted by Crippen LogP contribution is 2.32. The molecule has 1 N–H and O–H groups in total. The van der Waals surface area contributed by atoms with Gasteiger partial charge in [-0.25, -0.2) is 0 Å². The van der Waals surface area contributed by atoms with Crippen LogP contribution in [0.25, 0.3) is 10.9 Å². The van der Waals surface area contributed by atoms with Crippen molar-refractivity contribution in [3.8, 4) is 0 Å². The predicted molar refractivity (Wildman–Crippen MR) is 131 cm³/mol. The summed E-state index contributed by atoms with van der Waals surface area (Å²) in [6.07, 6.45) is 0.436. The molecule has 3 heterocycles. The van der Waals surface area contributed by atoms with E-state index in [1.165, 1.54) is 18.3 Å². The van der Waals surface area contributed by atoms with Gasteiger partial charge in [-0.05, 0) is 48.7 Å². The first-order chi connectivity index (χ1) is 17.2. The lowest BCUT2D eigenvalue weighted by molar-refractivity contribution is -0.137. The third-order valence-electron chi connectivity index (χ3n) is 6.37. The van der Waals surface area contributed by atoms with Crippen molar-refractivity contribution in [2.45, 2.75) is 25.4 Å². The van der Waals surface area contributed by atoms with E-state index in [0.717, 1.165) is 35.0 Å². The fourth-order valence-corrected chi connectivity index (χ4v) is 4.62. The van der Waals surface area contributed by atoms with Crippen LogP contribution < -0.4 is 10.2 Å². The number of rotatable bonds is 4. The summed E-state index contributed by atoms with van der Waals surface area (Å²) in [4.78, 5) is 32.2. The van der Waals surface area contributed by atoms with Crippen LogP contribution in [0.4, 0.5) is 24.5 Å². The Kier molecular flexibility index (Phi) is 5.99. The number of alkyl halides is 3. The molecule has 0 aliphatic carbocycles. The smallest absolute Gasteiger partial charge is 0.350 e. The molecule has 0 spiro atoms. The van der Waals surface area contributed by atoms with Gasteiger partial charge in [-0.3, -0.25) is 14.6 Å². The Bertz CT molecular complexity index is 1480. The first-order valence-corrected chi connectivity index (χ1v) is 11.5. The molecule has 0 radical (unpaired) electrons. The minimum atomic E-state index is -4.51. The van der Waals surface area contributed by atoms with E-state index in [0.29, 0.717) is 24.3 Å². The second-order valence-corrected chi connectivity index (χ2v) is 8.83. The second kappa shape index (κ2) is 9.14. The van der Waals surface area contributed by atoms with E-state index >= 15 is 0 Å². The first kappa shape index (κ1) is 23.6. The topological polar surface area (TPSA) is 67.2 Å². The molecule has 1 aliphatic heterocycles. The van der Waals surface area contributed by atoms with Gasteiger partial charge in [-0.1, -0.05) is 24.3 Å². The molecule has 0 saturated heterocycles. The van der Waals surface area contributed by atoms with Crippen LogP contribution in [0, 0.1) is 0 Å². The number of hydrogen-bond donors (Lipinski definition) is 1. The highest BCUT2D eigenvalue weighted by molar-refractivity contribution is 6.06. The summed E-state index contributed by atoms with van der Waals surface area (Å²) in [7, 11) is 1.94. The van der Waals surface area contributed by atoms with E-state index in [-0.39, 0.29) is 23.6 Å². The molecule has 184 valence electrons. The summed E-state index contributed by atoms with van der Waals surface area (Å²) in [6.45, 7) is 0.497. The molecule has 0 bridgehead atoms. The zero-order chi connectivity index (χ0) is 25.4. The Balaban J connectivity index is 1.39. The van der Waals surface area contributed by atoms with Crippen LogP contribution in [-0.4, -0.2) is 27.9 Å². The number of halogens is 3. The van der Waals surface area contributed by atoms with Crippen LogP contribution in [0.3, 0.4) is 0 Å². The lowest BCUT2D eigenvalue weighted by Crippen LogP contribution is -2.37. The fourth-order valence-electron chi connectivity index (χ4n) is 4.62. The number of hydrogen-bond acceptors (Lipinski definition) is 3. The Morgan fingerprint density at radius 2 is 1.89 bits per heavy atom. The van der Waals surface area contributed by atoms with Crippen molar-refractivity contribution in [1.29, 1.82) is 0 Å². The fraction of sp³-hybridized carbons (Fsp3) is 0.222. The van der Waals surface area contributed by atoms with Crippen molar-refractivity contribution in [2.24, 2.45) is 7.05 Å². The number of amides is 2. The van der Waals surface area contributed by atoms with E-state index < -0.39 is 17.6 Å². The van der Waals surface area contributed by atoms with Crippen molar-refractivity contribution < 1.29 is 22.8 Å². The molecule has 2 aromatic heterocycles. The van der Waals surface area contributed by atoms with Crippen molar-refractivity contribution >= 4 is 34.1 Å². The third-order valence-corrected chi connectivity index (χ3v) is 6.37. The Morgan fingerprint density at radius 3 is 2.69 bits per heavy atom. The molecule has 9 heteroatoms. The van der Waals surface area contributed by atoms with Crippen LogP contribution in [0.1, 0.15) is 33.6 Å². The van der Waals surface area contributed by atoms with Crippen LogP contribution >= 0.6 is 0 Å². The standard InChI is InChI=1S/C27H23F3N4O2/c1-33-16-18(21-8-2-3-10-23(21)33)13-25(35)34-11-5-9-22-24(34)12-17(15-31-22)26(36)32-20-7-4-6-19(14-20)27(28,29)30/h2-4,6-8,10,12,14-16H,5,9,11,13H2,1H3,(H,32,36). The van der Waals surface area contributed by atoms with E-state index in [2.05, 4.69) is 10.3 Å². The molecule has 1 aliphatic rings. The van der Waals surface area contributed by atoms with Crippen LogP contribution in [-0.2, 0) is 30.9 Å². The Labute approximate surface area is 205 Å². The monoisotopic (exact) mass is 492 g/mol. The van der Waals surface area contributed by atoms with Gasteiger partial charge >= 0.3 is 6.18 Å². The molecular weight excluding hydrogens is 469 g/mol. The molecular formula is C27H23F3N4O2. The number of carbonyl (C=O) groups excluding carboxylic acids is 2. The number of carbonyl (C=O) groups is 2. The summed E-state index contributed by atoms with van der Waals surface area (Å²) >= 11 is 0. The minimum Gasteiger partial charge on any atom is -0.350 e. The average molecular weight is 493 g/mol. The summed E-state index contributed by atoms with van der Waals surface area (Å²) in [5.41, 5.74) is 2.55. The summed E-state index contributed by atoms with van der Waals surface area (Å²) < 4.78 is 41.0.